The molecule has 0 saturated carbocycles. The van der Waals surface area contributed by atoms with Crippen LogP contribution in [0, 0.1) is 5.41 Å². The van der Waals surface area contributed by atoms with Crippen LogP contribution in [0.5, 0.6) is 0 Å². The lowest BCUT2D eigenvalue weighted by atomic mass is 9.96. The van der Waals surface area contributed by atoms with Crippen LogP contribution in [0.25, 0.3) is 11.3 Å². The van der Waals surface area contributed by atoms with Crippen molar-refractivity contribution in [3.63, 3.8) is 0 Å². The number of nitrogens with zero attached hydrogens (tertiary/aromatic N) is 6. The Labute approximate surface area is 208 Å². The van der Waals surface area contributed by atoms with Crippen molar-refractivity contribution >= 4 is 23.1 Å². The van der Waals surface area contributed by atoms with Crippen LogP contribution in [-0.4, -0.2) is 72.4 Å². The van der Waals surface area contributed by atoms with Gasteiger partial charge in [-0.25, -0.2) is 4.98 Å². The molecule has 2 aromatic heterocycles. The standard InChI is InChI=1S/C27H37N7O/c1-27(2,3)20-31(5)24-12-11-23(30-26(24)28-4)21-7-9-22(10-8-21)32-15-17-33(18-16-32)25(35)19-34-14-6-13-29-34/h6-14H,15-20H2,1-5H3,(H,28,30). The Balaban J connectivity index is 1.39. The highest BCUT2D eigenvalue weighted by molar-refractivity contribution is 5.76. The first-order valence-electron chi connectivity index (χ1n) is 12.2. The van der Waals surface area contributed by atoms with Crippen LogP contribution in [0.3, 0.4) is 0 Å². The summed E-state index contributed by atoms with van der Waals surface area (Å²) in [6.45, 7) is 11.0. The highest BCUT2D eigenvalue weighted by Gasteiger charge is 2.22. The number of carbonyl (C=O) groups excluding carboxylic acids is 1. The molecule has 1 amide bonds. The van der Waals surface area contributed by atoms with Gasteiger partial charge >= 0.3 is 0 Å². The second-order valence-corrected chi connectivity index (χ2v) is 10.3. The van der Waals surface area contributed by atoms with Crippen LogP contribution in [-0.2, 0) is 11.3 Å². The maximum Gasteiger partial charge on any atom is 0.244 e. The molecule has 0 unspecified atom stereocenters. The lowest BCUT2D eigenvalue weighted by Gasteiger charge is -2.36. The first kappa shape index (κ1) is 24.6. The number of anilines is 3. The topological polar surface area (TPSA) is 69.5 Å². The average molecular weight is 476 g/mol. The van der Waals surface area contributed by atoms with E-state index < -0.39 is 0 Å². The molecule has 0 spiro atoms. The molecule has 4 rings (SSSR count). The quantitative estimate of drug-likeness (QED) is 0.560. The second kappa shape index (κ2) is 10.4. The van der Waals surface area contributed by atoms with Crippen LogP contribution in [0.1, 0.15) is 20.8 Å². The van der Waals surface area contributed by atoms with Gasteiger partial charge in [-0.3, -0.25) is 9.48 Å². The lowest BCUT2D eigenvalue weighted by Crippen LogP contribution is -2.49. The number of hydrogen-bond acceptors (Lipinski definition) is 6. The molecular formula is C27H37N7O. The van der Waals surface area contributed by atoms with Crippen molar-refractivity contribution in [1.29, 1.82) is 0 Å². The Hall–Kier alpha value is -3.55. The van der Waals surface area contributed by atoms with Crippen molar-refractivity contribution in [2.45, 2.75) is 27.3 Å². The normalized spacial score (nSPS) is 14.2. The first-order valence-corrected chi connectivity index (χ1v) is 12.2. The van der Waals surface area contributed by atoms with E-state index in [0.717, 1.165) is 55.5 Å². The summed E-state index contributed by atoms with van der Waals surface area (Å²) in [6, 6.07) is 14.6. The van der Waals surface area contributed by atoms with Crippen molar-refractivity contribution < 1.29 is 4.79 Å². The van der Waals surface area contributed by atoms with E-state index in [1.54, 1.807) is 10.9 Å². The van der Waals surface area contributed by atoms with E-state index >= 15 is 0 Å². The smallest absolute Gasteiger partial charge is 0.244 e. The van der Waals surface area contributed by atoms with Gasteiger partial charge in [-0.2, -0.15) is 5.10 Å². The number of pyridine rings is 1. The molecule has 1 aromatic carbocycles. The molecule has 1 fully saturated rings. The van der Waals surface area contributed by atoms with Crippen LogP contribution in [0.15, 0.2) is 54.9 Å². The number of amides is 1. The maximum atomic E-state index is 12.5. The molecule has 8 nitrogen and oxygen atoms in total. The van der Waals surface area contributed by atoms with Crippen molar-refractivity contribution in [1.82, 2.24) is 19.7 Å². The Morgan fingerprint density at radius 3 is 2.37 bits per heavy atom. The fourth-order valence-corrected chi connectivity index (χ4v) is 4.59. The summed E-state index contributed by atoms with van der Waals surface area (Å²) >= 11 is 0. The van der Waals surface area contributed by atoms with Gasteiger partial charge in [0.2, 0.25) is 5.91 Å². The Morgan fingerprint density at radius 1 is 1.06 bits per heavy atom. The largest absolute Gasteiger partial charge is 0.371 e. The Morgan fingerprint density at radius 2 is 1.77 bits per heavy atom. The molecule has 3 aromatic rings. The molecule has 1 saturated heterocycles. The van der Waals surface area contributed by atoms with E-state index in [9.17, 15) is 4.79 Å². The SMILES string of the molecule is CNc1nc(-c2ccc(N3CCN(C(=O)Cn4cccn4)CC3)cc2)ccc1N(C)CC(C)(C)C. The highest BCUT2D eigenvalue weighted by Crippen LogP contribution is 2.30. The number of carbonyl (C=O) groups is 1. The van der Waals surface area contributed by atoms with Crippen molar-refractivity contribution in [3.8, 4) is 11.3 Å². The number of benzene rings is 1. The first-order chi connectivity index (χ1) is 16.7. The maximum absolute atomic E-state index is 12.5. The Kier molecular flexibility index (Phi) is 7.28. The van der Waals surface area contributed by atoms with Gasteiger partial charge < -0.3 is 20.0 Å². The molecule has 0 radical (unpaired) electrons. The third kappa shape index (κ3) is 6.12. The number of piperazine rings is 1. The monoisotopic (exact) mass is 475 g/mol. The van der Waals surface area contributed by atoms with Gasteiger partial charge in [0, 0.05) is 70.5 Å². The van der Waals surface area contributed by atoms with E-state index in [1.807, 2.05) is 24.2 Å². The van der Waals surface area contributed by atoms with Gasteiger partial charge in [-0.1, -0.05) is 32.9 Å². The summed E-state index contributed by atoms with van der Waals surface area (Å²) in [7, 11) is 4.03. The minimum Gasteiger partial charge on any atom is -0.371 e. The Bertz CT molecular complexity index is 1110. The van der Waals surface area contributed by atoms with Crippen molar-refractivity contribution in [2.75, 3.05) is 61.9 Å². The van der Waals surface area contributed by atoms with Crippen LogP contribution in [0.4, 0.5) is 17.2 Å². The van der Waals surface area contributed by atoms with Gasteiger partial charge in [-0.05, 0) is 35.7 Å². The summed E-state index contributed by atoms with van der Waals surface area (Å²) < 4.78 is 1.68. The zero-order valence-electron chi connectivity index (χ0n) is 21.5. The zero-order chi connectivity index (χ0) is 25.0. The molecule has 8 heteroatoms. The summed E-state index contributed by atoms with van der Waals surface area (Å²) in [5, 5.41) is 7.40. The van der Waals surface area contributed by atoms with Gasteiger partial charge in [0.15, 0.2) is 0 Å². The number of nitrogens with one attached hydrogen (secondary N) is 1. The third-order valence-electron chi connectivity index (χ3n) is 6.25. The molecule has 3 heterocycles. The summed E-state index contributed by atoms with van der Waals surface area (Å²) in [4.78, 5) is 23.9. The predicted molar refractivity (Wildman–Crippen MR) is 143 cm³/mol. The van der Waals surface area contributed by atoms with Crippen LogP contribution >= 0.6 is 0 Å². The average Bonchev–Trinajstić information content (AvgIpc) is 3.36. The van der Waals surface area contributed by atoms with E-state index in [1.165, 1.54) is 5.69 Å². The minimum atomic E-state index is 0.117. The fourth-order valence-electron chi connectivity index (χ4n) is 4.59. The molecule has 186 valence electrons. The van der Waals surface area contributed by atoms with Crippen molar-refractivity contribution in [3.05, 3.63) is 54.9 Å². The number of rotatable bonds is 7. The predicted octanol–water partition coefficient (Wildman–Crippen LogP) is 3.82. The van der Waals surface area contributed by atoms with E-state index in [2.05, 4.69) is 84.4 Å². The van der Waals surface area contributed by atoms with Crippen molar-refractivity contribution in [2.24, 2.45) is 5.41 Å². The van der Waals surface area contributed by atoms with Gasteiger partial charge in [0.1, 0.15) is 12.4 Å². The molecule has 1 aliphatic rings. The molecule has 0 aliphatic carbocycles. The summed E-state index contributed by atoms with van der Waals surface area (Å²) in [5.41, 5.74) is 4.50. The van der Waals surface area contributed by atoms with Gasteiger partial charge in [0.25, 0.3) is 0 Å². The molecule has 0 atom stereocenters. The summed E-state index contributed by atoms with van der Waals surface area (Å²) in [5.74, 6) is 1.00. The minimum absolute atomic E-state index is 0.117. The van der Waals surface area contributed by atoms with E-state index in [0.29, 0.717) is 6.54 Å². The third-order valence-corrected chi connectivity index (χ3v) is 6.25. The van der Waals surface area contributed by atoms with Gasteiger partial charge in [0.05, 0.1) is 11.4 Å². The van der Waals surface area contributed by atoms with Crippen LogP contribution < -0.4 is 15.1 Å². The lowest BCUT2D eigenvalue weighted by molar-refractivity contribution is -0.132. The van der Waals surface area contributed by atoms with E-state index in [4.69, 9.17) is 4.98 Å². The fraction of sp³-hybridized carbons (Fsp3) is 0.444. The summed E-state index contributed by atoms with van der Waals surface area (Å²) in [6.07, 6.45) is 3.52. The molecule has 1 aliphatic heterocycles. The second-order valence-electron chi connectivity index (χ2n) is 10.3. The number of hydrogen-bond donors (Lipinski definition) is 1. The molecule has 35 heavy (non-hydrogen) atoms. The molecule has 1 N–H and O–H groups in total. The highest BCUT2D eigenvalue weighted by atomic mass is 16.2. The van der Waals surface area contributed by atoms with E-state index in [-0.39, 0.29) is 11.3 Å². The molecular weight excluding hydrogens is 438 g/mol. The van der Waals surface area contributed by atoms with Gasteiger partial charge in [-0.15, -0.1) is 0 Å². The zero-order valence-corrected chi connectivity index (χ0v) is 21.5. The van der Waals surface area contributed by atoms with Crippen LogP contribution in [0.2, 0.25) is 0 Å². The molecule has 0 bridgehead atoms. The number of aromatic nitrogens is 3.